The molecule has 2 saturated heterocycles. The SMILES string of the molecule is CCCCOc1ccc(N2C(=O)C[C@@H]([NH+]3CCCCC3)C2=O)cc1. The van der Waals surface area contributed by atoms with Crippen LogP contribution in [0.3, 0.4) is 0 Å². The van der Waals surface area contributed by atoms with Crippen LogP contribution >= 0.6 is 0 Å². The number of carbonyl (C=O) groups excluding carboxylic acids is 2. The van der Waals surface area contributed by atoms with Crippen molar-refractivity contribution < 1.29 is 19.2 Å². The molecule has 0 bridgehead atoms. The number of hydrogen-bond acceptors (Lipinski definition) is 3. The van der Waals surface area contributed by atoms with E-state index in [9.17, 15) is 9.59 Å². The molecular weight excluding hydrogens is 304 g/mol. The van der Waals surface area contributed by atoms with E-state index >= 15 is 0 Å². The van der Waals surface area contributed by atoms with Crippen LogP contribution in [0, 0.1) is 0 Å². The first-order valence-electron chi connectivity index (χ1n) is 9.15. The highest BCUT2D eigenvalue weighted by Crippen LogP contribution is 2.25. The summed E-state index contributed by atoms with van der Waals surface area (Å²) in [6.07, 6.45) is 5.99. The Kier molecular flexibility index (Phi) is 5.51. The molecule has 0 unspecified atom stereocenters. The zero-order chi connectivity index (χ0) is 16.9. The van der Waals surface area contributed by atoms with Crippen molar-refractivity contribution in [1.82, 2.24) is 0 Å². The van der Waals surface area contributed by atoms with E-state index in [0.717, 1.165) is 44.5 Å². The van der Waals surface area contributed by atoms with Crippen LogP contribution in [-0.4, -0.2) is 37.6 Å². The Balaban J connectivity index is 1.67. The van der Waals surface area contributed by atoms with Gasteiger partial charge in [-0.2, -0.15) is 0 Å². The molecule has 0 saturated carbocycles. The molecule has 5 nitrogen and oxygen atoms in total. The van der Waals surface area contributed by atoms with Gasteiger partial charge in [0, 0.05) is 0 Å². The third kappa shape index (κ3) is 3.61. The Labute approximate surface area is 143 Å². The maximum absolute atomic E-state index is 12.8. The number of piperidine rings is 1. The van der Waals surface area contributed by atoms with Crippen molar-refractivity contribution in [2.24, 2.45) is 0 Å². The zero-order valence-electron chi connectivity index (χ0n) is 14.4. The number of amides is 2. The Morgan fingerprint density at radius 2 is 1.83 bits per heavy atom. The number of quaternary nitrogens is 1. The van der Waals surface area contributed by atoms with Gasteiger partial charge in [-0.05, 0) is 49.9 Å². The monoisotopic (exact) mass is 331 g/mol. The fraction of sp³-hybridized carbons (Fsp3) is 0.579. The van der Waals surface area contributed by atoms with Crippen molar-refractivity contribution in [3.05, 3.63) is 24.3 Å². The first-order valence-corrected chi connectivity index (χ1v) is 9.15. The molecule has 1 atom stereocenters. The summed E-state index contributed by atoms with van der Waals surface area (Å²) in [5, 5.41) is 0. The van der Waals surface area contributed by atoms with Crippen LogP contribution < -0.4 is 14.5 Å². The summed E-state index contributed by atoms with van der Waals surface area (Å²) >= 11 is 0. The summed E-state index contributed by atoms with van der Waals surface area (Å²) in [4.78, 5) is 27.8. The lowest BCUT2D eigenvalue weighted by Gasteiger charge is -2.27. The average Bonchev–Trinajstić information content (AvgIpc) is 2.91. The van der Waals surface area contributed by atoms with E-state index in [1.165, 1.54) is 16.2 Å². The average molecular weight is 331 g/mol. The number of rotatable bonds is 6. The number of benzene rings is 1. The van der Waals surface area contributed by atoms with Crippen LogP contribution in [0.1, 0.15) is 45.4 Å². The van der Waals surface area contributed by atoms with E-state index in [2.05, 4.69) is 6.92 Å². The normalized spacial score (nSPS) is 22.2. The molecule has 0 radical (unpaired) electrons. The maximum Gasteiger partial charge on any atom is 0.292 e. The van der Waals surface area contributed by atoms with Crippen LogP contribution in [0.25, 0.3) is 0 Å². The van der Waals surface area contributed by atoms with Crippen LogP contribution in [-0.2, 0) is 9.59 Å². The summed E-state index contributed by atoms with van der Waals surface area (Å²) in [7, 11) is 0. The number of hydrogen-bond donors (Lipinski definition) is 1. The van der Waals surface area contributed by atoms with Crippen LogP contribution in [0.4, 0.5) is 5.69 Å². The third-order valence-corrected chi connectivity index (χ3v) is 5.00. The summed E-state index contributed by atoms with van der Waals surface area (Å²) in [5.41, 5.74) is 0.659. The topological polar surface area (TPSA) is 51.0 Å². The first-order chi connectivity index (χ1) is 11.7. The molecule has 130 valence electrons. The van der Waals surface area contributed by atoms with E-state index in [-0.39, 0.29) is 17.9 Å². The molecule has 3 rings (SSSR count). The van der Waals surface area contributed by atoms with E-state index < -0.39 is 0 Å². The van der Waals surface area contributed by atoms with Gasteiger partial charge in [0.15, 0.2) is 6.04 Å². The minimum absolute atomic E-state index is 0.0449. The minimum Gasteiger partial charge on any atom is -0.494 e. The van der Waals surface area contributed by atoms with Crippen molar-refractivity contribution in [2.75, 3.05) is 24.6 Å². The summed E-state index contributed by atoms with van der Waals surface area (Å²) in [6, 6.07) is 7.10. The summed E-state index contributed by atoms with van der Waals surface area (Å²) in [5.74, 6) is 0.656. The molecule has 2 fully saturated rings. The number of ether oxygens (including phenoxy) is 1. The van der Waals surface area contributed by atoms with Gasteiger partial charge in [0.1, 0.15) is 5.75 Å². The van der Waals surface area contributed by atoms with Gasteiger partial charge in [-0.25, -0.2) is 4.90 Å². The molecule has 2 heterocycles. The maximum atomic E-state index is 12.8. The highest BCUT2D eigenvalue weighted by atomic mass is 16.5. The highest BCUT2D eigenvalue weighted by molar-refractivity contribution is 6.21. The number of likely N-dealkylation sites (tertiary alicyclic amines) is 1. The number of carbonyl (C=O) groups is 2. The second-order valence-corrected chi connectivity index (χ2v) is 6.74. The van der Waals surface area contributed by atoms with Gasteiger partial charge in [0.25, 0.3) is 5.91 Å². The molecule has 0 aromatic heterocycles. The van der Waals surface area contributed by atoms with Crippen molar-refractivity contribution in [3.63, 3.8) is 0 Å². The van der Waals surface area contributed by atoms with Crippen LogP contribution in [0.2, 0.25) is 0 Å². The van der Waals surface area contributed by atoms with Gasteiger partial charge >= 0.3 is 0 Å². The predicted octanol–water partition coefficient (Wildman–Crippen LogP) is 1.57. The second-order valence-electron chi connectivity index (χ2n) is 6.74. The number of imide groups is 1. The minimum atomic E-state index is -0.196. The van der Waals surface area contributed by atoms with E-state index in [1.54, 1.807) is 0 Å². The molecule has 2 aliphatic rings. The highest BCUT2D eigenvalue weighted by Gasteiger charge is 2.45. The number of unbranched alkanes of at least 4 members (excludes halogenated alkanes) is 1. The lowest BCUT2D eigenvalue weighted by Crippen LogP contribution is -3.17. The van der Waals surface area contributed by atoms with Gasteiger partial charge in [0.2, 0.25) is 5.91 Å². The molecule has 5 heteroatoms. The largest absolute Gasteiger partial charge is 0.494 e. The molecular formula is C19H27N2O3+. The van der Waals surface area contributed by atoms with Crippen molar-refractivity contribution in [3.8, 4) is 5.75 Å². The van der Waals surface area contributed by atoms with E-state index in [4.69, 9.17) is 4.74 Å². The third-order valence-electron chi connectivity index (χ3n) is 5.00. The molecule has 1 aromatic rings. The Morgan fingerprint density at radius 1 is 1.12 bits per heavy atom. The van der Waals surface area contributed by atoms with Gasteiger partial charge in [0.05, 0.1) is 31.8 Å². The molecule has 24 heavy (non-hydrogen) atoms. The molecule has 1 N–H and O–H groups in total. The molecule has 2 aliphatic heterocycles. The lowest BCUT2D eigenvalue weighted by molar-refractivity contribution is -0.919. The van der Waals surface area contributed by atoms with Crippen LogP contribution in [0.15, 0.2) is 24.3 Å². The van der Waals surface area contributed by atoms with Crippen molar-refractivity contribution >= 4 is 17.5 Å². The molecule has 1 aromatic carbocycles. The lowest BCUT2D eigenvalue weighted by atomic mass is 10.1. The van der Waals surface area contributed by atoms with Gasteiger partial charge in [-0.1, -0.05) is 13.3 Å². The van der Waals surface area contributed by atoms with Gasteiger partial charge in [-0.15, -0.1) is 0 Å². The summed E-state index contributed by atoms with van der Waals surface area (Å²) in [6.45, 7) is 4.82. The molecule has 0 spiro atoms. The Morgan fingerprint density at radius 3 is 2.50 bits per heavy atom. The molecule has 0 aliphatic carbocycles. The van der Waals surface area contributed by atoms with Crippen molar-refractivity contribution in [1.29, 1.82) is 0 Å². The van der Waals surface area contributed by atoms with Crippen LogP contribution in [0.5, 0.6) is 5.75 Å². The smallest absolute Gasteiger partial charge is 0.292 e. The fourth-order valence-electron chi connectivity index (χ4n) is 3.60. The predicted molar refractivity (Wildman–Crippen MR) is 92.3 cm³/mol. The number of nitrogens with zero attached hydrogens (tertiary/aromatic N) is 1. The fourth-order valence-corrected chi connectivity index (χ4v) is 3.60. The Bertz CT molecular complexity index is 579. The summed E-state index contributed by atoms with van der Waals surface area (Å²) < 4.78 is 5.64. The second kappa shape index (κ2) is 7.79. The van der Waals surface area contributed by atoms with Gasteiger partial charge < -0.3 is 9.64 Å². The van der Waals surface area contributed by atoms with Crippen molar-refractivity contribution in [2.45, 2.75) is 51.5 Å². The molecule has 2 amide bonds. The van der Waals surface area contributed by atoms with E-state index in [1.807, 2.05) is 24.3 Å². The quantitative estimate of drug-likeness (QED) is 0.636. The van der Waals surface area contributed by atoms with Gasteiger partial charge in [-0.3, -0.25) is 9.59 Å². The Hall–Kier alpha value is -1.88. The zero-order valence-corrected chi connectivity index (χ0v) is 14.4. The number of nitrogens with one attached hydrogen (secondary N) is 1. The first kappa shape index (κ1) is 17.0. The van der Waals surface area contributed by atoms with E-state index in [0.29, 0.717) is 18.7 Å². The number of anilines is 1. The standard InChI is InChI=1S/C19H26N2O3/c1-2-3-13-24-16-9-7-15(8-10-16)21-18(22)14-17(19(21)23)20-11-5-4-6-12-20/h7-10,17H,2-6,11-14H2,1H3/p+1/t17-/m1/s1.